The Balaban J connectivity index is 2.82. The first kappa shape index (κ1) is 11.0. The minimum Gasteiger partial charge on any atom is -0.388 e. The van der Waals surface area contributed by atoms with E-state index in [1.54, 1.807) is 0 Å². The standard InChI is InChI=1S/C13H18O/c1-4-5-6-13(14)12-9-10(2)7-8-11(12)3/h4,7-9,13-14H,1,5-6H2,2-3H3. The van der Waals surface area contributed by atoms with Crippen molar-refractivity contribution in [1.82, 2.24) is 0 Å². The zero-order chi connectivity index (χ0) is 10.6. The van der Waals surface area contributed by atoms with E-state index in [1.165, 1.54) is 5.56 Å². The van der Waals surface area contributed by atoms with Crippen LogP contribution in [0, 0.1) is 13.8 Å². The van der Waals surface area contributed by atoms with Crippen LogP contribution in [-0.2, 0) is 0 Å². The summed E-state index contributed by atoms with van der Waals surface area (Å²) in [5.74, 6) is 0. The Hall–Kier alpha value is -1.08. The molecule has 0 fully saturated rings. The summed E-state index contributed by atoms with van der Waals surface area (Å²) in [5.41, 5.74) is 3.40. The van der Waals surface area contributed by atoms with Crippen LogP contribution in [0.5, 0.6) is 0 Å². The number of aryl methyl sites for hydroxylation is 2. The monoisotopic (exact) mass is 190 g/mol. The predicted molar refractivity (Wildman–Crippen MR) is 60.3 cm³/mol. The maximum atomic E-state index is 9.91. The predicted octanol–water partition coefficient (Wildman–Crippen LogP) is 3.30. The smallest absolute Gasteiger partial charge is 0.0795 e. The molecule has 0 heterocycles. The van der Waals surface area contributed by atoms with Crippen molar-refractivity contribution in [3.05, 3.63) is 47.5 Å². The fourth-order valence-corrected chi connectivity index (χ4v) is 1.55. The van der Waals surface area contributed by atoms with Crippen molar-refractivity contribution in [2.75, 3.05) is 0 Å². The lowest BCUT2D eigenvalue weighted by atomic mass is 9.98. The summed E-state index contributed by atoms with van der Waals surface area (Å²) in [6, 6.07) is 6.18. The van der Waals surface area contributed by atoms with Crippen LogP contribution >= 0.6 is 0 Å². The van der Waals surface area contributed by atoms with Gasteiger partial charge in [-0.15, -0.1) is 6.58 Å². The van der Waals surface area contributed by atoms with E-state index in [-0.39, 0.29) is 6.10 Å². The molecular weight excluding hydrogens is 172 g/mol. The first-order chi connectivity index (χ1) is 6.65. The van der Waals surface area contributed by atoms with Gasteiger partial charge < -0.3 is 5.11 Å². The van der Waals surface area contributed by atoms with E-state index >= 15 is 0 Å². The van der Waals surface area contributed by atoms with Crippen molar-refractivity contribution in [1.29, 1.82) is 0 Å². The Morgan fingerprint density at radius 2 is 2.14 bits per heavy atom. The highest BCUT2D eigenvalue weighted by Gasteiger charge is 2.09. The number of benzene rings is 1. The van der Waals surface area contributed by atoms with Gasteiger partial charge in [-0.1, -0.05) is 29.8 Å². The molecule has 0 aliphatic rings. The first-order valence-corrected chi connectivity index (χ1v) is 5.01. The van der Waals surface area contributed by atoms with E-state index in [4.69, 9.17) is 0 Å². The Labute approximate surface area is 86.1 Å². The molecule has 0 bridgehead atoms. The van der Waals surface area contributed by atoms with Gasteiger partial charge in [-0.3, -0.25) is 0 Å². The highest BCUT2D eigenvalue weighted by Crippen LogP contribution is 2.22. The van der Waals surface area contributed by atoms with Gasteiger partial charge in [-0.2, -0.15) is 0 Å². The third-order valence-corrected chi connectivity index (χ3v) is 2.44. The van der Waals surface area contributed by atoms with Gasteiger partial charge in [0.2, 0.25) is 0 Å². The lowest BCUT2D eigenvalue weighted by Gasteiger charge is -2.13. The molecule has 0 saturated carbocycles. The molecule has 0 aliphatic heterocycles. The zero-order valence-corrected chi connectivity index (χ0v) is 8.96. The summed E-state index contributed by atoms with van der Waals surface area (Å²) in [6.45, 7) is 7.73. The fraction of sp³-hybridized carbons (Fsp3) is 0.385. The molecule has 1 atom stereocenters. The van der Waals surface area contributed by atoms with Gasteiger partial charge in [0, 0.05) is 0 Å². The van der Waals surface area contributed by atoms with Crippen LogP contribution in [0.15, 0.2) is 30.9 Å². The average Bonchev–Trinajstić information content (AvgIpc) is 2.18. The Morgan fingerprint density at radius 1 is 1.43 bits per heavy atom. The van der Waals surface area contributed by atoms with Gasteiger partial charge in [0.15, 0.2) is 0 Å². The van der Waals surface area contributed by atoms with Crippen LogP contribution in [0.1, 0.15) is 35.6 Å². The zero-order valence-electron chi connectivity index (χ0n) is 8.96. The van der Waals surface area contributed by atoms with Gasteiger partial charge in [0.05, 0.1) is 6.10 Å². The fourth-order valence-electron chi connectivity index (χ4n) is 1.55. The van der Waals surface area contributed by atoms with Gasteiger partial charge in [-0.05, 0) is 37.8 Å². The number of aliphatic hydroxyl groups excluding tert-OH is 1. The van der Waals surface area contributed by atoms with Crippen LogP contribution in [0.3, 0.4) is 0 Å². The highest BCUT2D eigenvalue weighted by molar-refractivity contribution is 5.32. The third-order valence-electron chi connectivity index (χ3n) is 2.44. The lowest BCUT2D eigenvalue weighted by molar-refractivity contribution is 0.168. The maximum Gasteiger partial charge on any atom is 0.0795 e. The van der Waals surface area contributed by atoms with Crippen molar-refractivity contribution < 1.29 is 5.11 Å². The van der Waals surface area contributed by atoms with Crippen LogP contribution in [0.2, 0.25) is 0 Å². The van der Waals surface area contributed by atoms with E-state index in [0.29, 0.717) is 0 Å². The maximum absolute atomic E-state index is 9.91. The van der Waals surface area contributed by atoms with E-state index < -0.39 is 0 Å². The van der Waals surface area contributed by atoms with E-state index in [0.717, 1.165) is 24.0 Å². The molecule has 1 rings (SSSR count). The summed E-state index contributed by atoms with van der Waals surface area (Å²) < 4.78 is 0. The average molecular weight is 190 g/mol. The molecule has 14 heavy (non-hydrogen) atoms. The second-order valence-corrected chi connectivity index (χ2v) is 3.74. The Bertz CT molecular complexity index is 315. The highest BCUT2D eigenvalue weighted by atomic mass is 16.3. The third kappa shape index (κ3) is 2.71. The largest absolute Gasteiger partial charge is 0.388 e. The molecule has 1 aromatic carbocycles. The van der Waals surface area contributed by atoms with Crippen molar-refractivity contribution in [3.8, 4) is 0 Å². The molecule has 76 valence electrons. The quantitative estimate of drug-likeness (QED) is 0.722. The molecule has 0 saturated heterocycles. The van der Waals surface area contributed by atoms with Crippen LogP contribution in [0.25, 0.3) is 0 Å². The summed E-state index contributed by atoms with van der Waals surface area (Å²) in [5, 5.41) is 9.91. The summed E-state index contributed by atoms with van der Waals surface area (Å²) in [6.07, 6.45) is 3.10. The van der Waals surface area contributed by atoms with Gasteiger partial charge in [0.1, 0.15) is 0 Å². The van der Waals surface area contributed by atoms with E-state index in [1.807, 2.05) is 19.9 Å². The lowest BCUT2D eigenvalue weighted by Crippen LogP contribution is -2.00. The van der Waals surface area contributed by atoms with E-state index in [2.05, 4.69) is 24.8 Å². The summed E-state index contributed by atoms with van der Waals surface area (Å²) in [4.78, 5) is 0. The molecule has 0 aromatic heterocycles. The molecule has 0 radical (unpaired) electrons. The topological polar surface area (TPSA) is 20.2 Å². The number of rotatable bonds is 4. The minimum absolute atomic E-state index is 0.354. The molecule has 0 spiro atoms. The minimum atomic E-state index is -0.354. The Morgan fingerprint density at radius 3 is 2.79 bits per heavy atom. The summed E-state index contributed by atoms with van der Waals surface area (Å²) >= 11 is 0. The first-order valence-electron chi connectivity index (χ1n) is 5.01. The van der Waals surface area contributed by atoms with Crippen molar-refractivity contribution in [2.45, 2.75) is 32.8 Å². The van der Waals surface area contributed by atoms with Crippen molar-refractivity contribution >= 4 is 0 Å². The molecule has 1 aromatic rings. The molecular formula is C13H18O. The van der Waals surface area contributed by atoms with Gasteiger partial charge in [0.25, 0.3) is 0 Å². The normalized spacial score (nSPS) is 12.5. The second kappa shape index (κ2) is 4.97. The van der Waals surface area contributed by atoms with Crippen molar-refractivity contribution in [3.63, 3.8) is 0 Å². The van der Waals surface area contributed by atoms with Gasteiger partial charge >= 0.3 is 0 Å². The number of allylic oxidation sites excluding steroid dienone is 1. The van der Waals surface area contributed by atoms with Crippen LogP contribution < -0.4 is 0 Å². The number of hydrogen-bond acceptors (Lipinski definition) is 1. The molecule has 1 unspecified atom stereocenters. The van der Waals surface area contributed by atoms with Crippen LogP contribution in [-0.4, -0.2) is 5.11 Å². The molecule has 0 aliphatic carbocycles. The number of aliphatic hydroxyl groups is 1. The summed E-state index contributed by atoms with van der Waals surface area (Å²) in [7, 11) is 0. The SMILES string of the molecule is C=CCCC(O)c1cc(C)ccc1C. The van der Waals surface area contributed by atoms with Crippen LogP contribution in [0.4, 0.5) is 0 Å². The molecule has 0 amide bonds. The second-order valence-electron chi connectivity index (χ2n) is 3.74. The van der Waals surface area contributed by atoms with Gasteiger partial charge in [-0.25, -0.2) is 0 Å². The van der Waals surface area contributed by atoms with Crippen molar-refractivity contribution in [2.24, 2.45) is 0 Å². The number of hydrogen-bond donors (Lipinski definition) is 1. The molecule has 1 nitrogen and oxygen atoms in total. The Kier molecular flexibility index (Phi) is 3.90. The van der Waals surface area contributed by atoms with E-state index in [9.17, 15) is 5.11 Å². The molecule has 1 heteroatoms. The molecule has 1 N–H and O–H groups in total.